The highest BCUT2D eigenvalue weighted by Gasteiger charge is 2.63. The van der Waals surface area contributed by atoms with Gasteiger partial charge in [-0.3, -0.25) is 9.69 Å². The van der Waals surface area contributed by atoms with Crippen LogP contribution in [0.4, 0.5) is 13.2 Å². The van der Waals surface area contributed by atoms with Gasteiger partial charge in [-0.25, -0.2) is 0 Å². The molecule has 0 saturated carbocycles. The summed E-state index contributed by atoms with van der Waals surface area (Å²) in [5.74, 6) is -1.84. The molecule has 0 amide bonds. The maximum absolute atomic E-state index is 12.8. The molecule has 0 spiro atoms. The van der Waals surface area contributed by atoms with Gasteiger partial charge >= 0.3 is 12.1 Å². The lowest BCUT2D eigenvalue weighted by molar-refractivity contribution is -0.227. The molecule has 0 radical (unpaired) electrons. The summed E-state index contributed by atoms with van der Waals surface area (Å²) >= 11 is 0. The van der Waals surface area contributed by atoms with Gasteiger partial charge in [-0.1, -0.05) is 0 Å². The van der Waals surface area contributed by atoms with Crippen LogP contribution in [0.1, 0.15) is 20.3 Å². The number of carboxylic acid groups (broad SMARTS) is 1. The van der Waals surface area contributed by atoms with Crippen LogP contribution in [0.3, 0.4) is 0 Å². The smallest absolute Gasteiger partial charge is 0.406 e. The molecule has 1 fully saturated rings. The Morgan fingerprint density at radius 1 is 1.41 bits per heavy atom. The predicted molar refractivity (Wildman–Crippen MR) is 53.5 cm³/mol. The fraction of sp³-hybridized carbons (Fsp3) is 0.900. The Kier molecular flexibility index (Phi) is 3.46. The molecule has 7 heteroatoms. The number of halogens is 3. The van der Waals surface area contributed by atoms with Crippen LogP contribution >= 0.6 is 0 Å². The lowest BCUT2D eigenvalue weighted by Crippen LogP contribution is -2.48. The van der Waals surface area contributed by atoms with Crippen LogP contribution in [0, 0.1) is 5.41 Å². The van der Waals surface area contributed by atoms with E-state index in [2.05, 4.69) is 0 Å². The first-order chi connectivity index (χ1) is 7.48. The van der Waals surface area contributed by atoms with Crippen LogP contribution in [-0.4, -0.2) is 52.5 Å². The molecule has 1 heterocycles. The molecule has 1 aliphatic rings. The largest absolute Gasteiger partial charge is 0.481 e. The van der Waals surface area contributed by atoms with Crippen LogP contribution in [0.15, 0.2) is 0 Å². The van der Waals surface area contributed by atoms with Crippen LogP contribution in [0.25, 0.3) is 0 Å². The molecule has 2 N–H and O–H groups in total. The number of carbonyl (C=O) groups is 1. The number of hydrogen-bond donors (Lipinski definition) is 2. The number of carboxylic acids is 1. The van der Waals surface area contributed by atoms with Gasteiger partial charge in [0.15, 0.2) is 5.41 Å². The zero-order chi connectivity index (χ0) is 13.5. The van der Waals surface area contributed by atoms with Crippen molar-refractivity contribution in [1.82, 2.24) is 4.90 Å². The van der Waals surface area contributed by atoms with Gasteiger partial charge in [0.25, 0.3) is 0 Å². The number of aliphatic carboxylic acids is 1. The number of aliphatic hydroxyl groups is 1. The monoisotopic (exact) mass is 255 g/mol. The highest BCUT2D eigenvalue weighted by atomic mass is 19.4. The number of nitrogens with zero attached hydrogens (tertiary/aromatic N) is 1. The molecule has 100 valence electrons. The van der Waals surface area contributed by atoms with Crippen molar-refractivity contribution in [3.8, 4) is 0 Å². The van der Waals surface area contributed by atoms with Gasteiger partial charge in [-0.15, -0.1) is 0 Å². The van der Waals surface area contributed by atoms with Gasteiger partial charge in [0.1, 0.15) is 0 Å². The fourth-order valence-corrected chi connectivity index (χ4v) is 2.10. The van der Waals surface area contributed by atoms with Gasteiger partial charge in [0.2, 0.25) is 0 Å². The second-order valence-electron chi connectivity index (χ2n) is 5.16. The van der Waals surface area contributed by atoms with Crippen molar-refractivity contribution >= 4 is 5.97 Å². The van der Waals surface area contributed by atoms with Crippen molar-refractivity contribution < 1.29 is 28.2 Å². The molecule has 0 aromatic heterocycles. The predicted octanol–water partition coefficient (Wildman–Crippen LogP) is 1.10. The minimum Gasteiger partial charge on any atom is -0.481 e. The second kappa shape index (κ2) is 4.13. The number of hydrogen-bond acceptors (Lipinski definition) is 3. The third kappa shape index (κ3) is 2.90. The van der Waals surface area contributed by atoms with Crippen LogP contribution in [-0.2, 0) is 4.79 Å². The van der Waals surface area contributed by atoms with Crippen LogP contribution in [0.5, 0.6) is 0 Å². The first-order valence-electron chi connectivity index (χ1n) is 5.23. The first-order valence-corrected chi connectivity index (χ1v) is 5.23. The standard InChI is InChI=1S/C10H16F3NO3/c1-8(2,17)5-14-4-3-9(6-14,7(15)16)10(11,12)13/h17H,3-6H2,1-2H3,(H,15,16). The van der Waals surface area contributed by atoms with Crippen molar-refractivity contribution in [3.63, 3.8) is 0 Å². The molecule has 1 aliphatic heterocycles. The first kappa shape index (κ1) is 14.2. The van der Waals surface area contributed by atoms with Crippen molar-refractivity contribution in [2.45, 2.75) is 32.0 Å². The highest BCUT2D eigenvalue weighted by molar-refractivity contribution is 5.76. The Morgan fingerprint density at radius 3 is 2.24 bits per heavy atom. The number of likely N-dealkylation sites (tertiary alicyclic amines) is 1. The summed E-state index contributed by atoms with van der Waals surface area (Å²) in [5.41, 5.74) is -3.83. The summed E-state index contributed by atoms with van der Waals surface area (Å²) in [5, 5.41) is 18.3. The average molecular weight is 255 g/mol. The van der Waals surface area contributed by atoms with E-state index in [1.807, 2.05) is 0 Å². The van der Waals surface area contributed by atoms with E-state index in [9.17, 15) is 23.1 Å². The Hall–Kier alpha value is -0.820. The summed E-state index contributed by atoms with van der Waals surface area (Å²) in [6.07, 6.45) is -5.24. The molecule has 1 rings (SSSR count). The third-order valence-electron chi connectivity index (χ3n) is 2.91. The minimum absolute atomic E-state index is 0.0236. The van der Waals surface area contributed by atoms with Crippen molar-refractivity contribution in [3.05, 3.63) is 0 Å². The molecule has 0 bridgehead atoms. The number of β-amino-alcohol motifs (C(OH)–C–C–N with tert-alkyl or cyclic N) is 1. The number of rotatable bonds is 3. The van der Waals surface area contributed by atoms with Gasteiger partial charge in [0.05, 0.1) is 5.60 Å². The van der Waals surface area contributed by atoms with E-state index >= 15 is 0 Å². The summed E-state index contributed by atoms with van der Waals surface area (Å²) < 4.78 is 38.4. The number of alkyl halides is 3. The quantitative estimate of drug-likeness (QED) is 0.792. The van der Waals surface area contributed by atoms with E-state index in [0.29, 0.717) is 0 Å². The van der Waals surface area contributed by atoms with E-state index in [1.54, 1.807) is 0 Å². The third-order valence-corrected chi connectivity index (χ3v) is 2.91. The normalized spacial score (nSPS) is 27.4. The molecule has 4 nitrogen and oxygen atoms in total. The van der Waals surface area contributed by atoms with Gasteiger partial charge in [0, 0.05) is 13.1 Å². The second-order valence-corrected chi connectivity index (χ2v) is 5.16. The van der Waals surface area contributed by atoms with Crippen molar-refractivity contribution in [2.24, 2.45) is 5.41 Å². The molecule has 17 heavy (non-hydrogen) atoms. The Bertz CT molecular complexity index is 311. The highest BCUT2D eigenvalue weighted by Crippen LogP contribution is 2.45. The molecular formula is C10H16F3NO3. The van der Waals surface area contributed by atoms with Crippen molar-refractivity contribution in [1.29, 1.82) is 0 Å². The molecule has 0 aromatic rings. The summed E-state index contributed by atoms with van der Waals surface area (Å²) in [6, 6.07) is 0. The van der Waals surface area contributed by atoms with Crippen molar-refractivity contribution in [2.75, 3.05) is 19.6 Å². The van der Waals surface area contributed by atoms with E-state index in [0.717, 1.165) is 0 Å². The SMILES string of the molecule is CC(C)(O)CN1CCC(C(=O)O)(C(F)(F)F)C1. The van der Waals surface area contributed by atoms with Gasteiger partial charge < -0.3 is 10.2 Å². The molecule has 1 atom stereocenters. The average Bonchev–Trinajstić information content (AvgIpc) is 2.44. The molecule has 1 saturated heterocycles. The van der Waals surface area contributed by atoms with E-state index in [4.69, 9.17) is 5.11 Å². The Morgan fingerprint density at radius 2 is 1.94 bits per heavy atom. The Labute approximate surface area is 97.0 Å². The Balaban J connectivity index is 2.84. The zero-order valence-corrected chi connectivity index (χ0v) is 9.71. The van der Waals surface area contributed by atoms with E-state index in [-0.39, 0.29) is 13.1 Å². The maximum Gasteiger partial charge on any atom is 0.406 e. The van der Waals surface area contributed by atoms with Gasteiger partial charge in [-0.2, -0.15) is 13.2 Å². The molecular weight excluding hydrogens is 239 g/mol. The summed E-state index contributed by atoms with van der Waals surface area (Å²) in [7, 11) is 0. The van der Waals surface area contributed by atoms with E-state index < -0.39 is 36.1 Å². The van der Waals surface area contributed by atoms with Crippen LogP contribution in [0.2, 0.25) is 0 Å². The fourth-order valence-electron chi connectivity index (χ4n) is 2.10. The van der Waals surface area contributed by atoms with Crippen LogP contribution < -0.4 is 0 Å². The molecule has 0 aliphatic carbocycles. The maximum atomic E-state index is 12.8. The topological polar surface area (TPSA) is 60.8 Å². The molecule has 1 unspecified atom stereocenters. The van der Waals surface area contributed by atoms with E-state index in [1.165, 1.54) is 18.7 Å². The molecule has 0 aromatic carbocycles. The summed E-state index contributed by atoms with van der Waals surface area (Å²) in [6.45, 7) is 2.40. The lowest BCUT2D eigenvalue weighted by Gasteiger charge is -2.29. The lowest BCUT2D eigenvalue weighted by atomic mass is 9.86. The zero-order valence-electron chi connectivity index (χ0n) is 9.71. The van der Waals surface area contributed by atoms with Gasteiger partial charge in [-0.05, 0) is 26.8 Å². The minimum atomic E-state index is -4.77. The summed E-state index contributed by atoms with van der Waals surface area (Å²) in [4.78, 5) is 12.2.